The molecule has 2 rings (SSSR count). The average Bonchev–Trinajstić information content (AvgIpc) is 2.20. The van der Waals surface area contributed by atoms with Crippen molar-refractivity contribution in [2.24, 2.45) is 5.41 Å². The zero-order valence-corrected chi connectivity index (χ0v) is 8.64. The fraction of sp³-hybridized carbons (Fsp3) is 1.00. The predicted octanol–water partition coefficient (Wildman–Crippen LogP) is 3.91. The van der Waals surface area contributed by atoms with Crippen LogP contribution in [-0.4, -0.2) is 16.4 Å². The van der Waals surface area contributed by atoms with Crippen LogP contribution in [0.5, 0.6) is 0 Å². The Morgan fingerprint density at radius 3 is 2.36 bits per heavy atom. The molecule has 0 unspecified atom stereocenters. The Bertz CT molecular complexity index is 253. The summed E-state index contributed by atoms with van der Waals surface area (Å²) in [6.07, 6.45) is 2.14. The second-order valence-corrected chi connectivity index (χ2v) is 5.68. The molecular weight excluding hydrogens is 216 g/mol. The van der Waals surface area contributed by atoms with Gasteiger partial charge in [-0.1, -0.05) is 31.5 Å². The van der Waals surface area contributed by atoms with Gasteiger partial charge in [0.15, 0.2) is 0 Å². The zero-order valence-electron chi connectivity index (χ0n) is 7.83. The number of thioether (sulfide) groups is 1. The molecule has 0 bridgehead atoms. The van der Waals surface area contributed by atoms with Crippen LogP contribution >= 0.6 is 11.8 Å². The van der Waals surface area contributed by atoms with Crippen molar-refractivity contribution >= 4 is 11.8 Å². The van der Waals surface area contributed by atoms with Crippen LogP contribution in [0, 0.1) is 5.41 Å². The molecule has 1 saturated heterocycles. The quantitative estimate of drug-likeness (QED) is 0.566. The minimum absolute atomic E-state index is 0.174. The van der Waals surface area contributed by atoms with Crippen molar-refractivity contribution in [2.75, 3.05) is 0 Å². The predicted molar refractivity (Wildman–Crippen MR) is 47.8 cm³/mol. The summed E-state index contributed by atoms with van der Waals surface area (Å²) >= 11 is 0.174. The fourth-order valence-electron chi connectivity index (χ4n) is 2.43. The van der Waals surface area contributed by atoms with Crippen molar-refractivity contribution < 1.29 is 17.6 Å². The molecule has 0 amide bonds. The van der Waals surface area contributed by atoms with Crippen molar-refractivity contribution in [3.63, 3.8) is 0 Å². The van der Waals surface area contributed by atoms with Gasteiger partial charge in [-0.05, 0) is 12.8 Å². The smallest absolute Gasteiger partial charge is 0.198 e. The molecule has 0 spiro atoms. The van der Waals surface area contributed by atoms with E-state index in [1.54, 1.807) is 0 Å². The van der Waals surface area contributed by atoms with Gasteiger partial charge in [-0.15, -0.1) is 0 Å². The second kappa shape index (κ2) is 2.80. The Labute approximate surface area is 84.4 Å². The Kier molecular flexibility index (Phi) is 2.12. The average molecular weight is 228 g/mol. The first-order chi connectivity index (χ1) is 6.31. The van der Waals surface area contributed by atoms with Crippen molar-refractivity contribution in [1.29, 1.82) is 0 Å². The third-order valence-electron chi connectivity index (χ3n) is 3.50. The van der Waals surface area contributed by atoms with E-state index in [1.807, 2.05) is 0 Å². The highest BCUT2D eigenvalue weighted by Crippen LogP contribution is 2.68. The number of fused-ring (bicyclic) bond motifs is 1. The van der Waals surface area contributed by atoms with E-state index >= 15 is 0 Å². The van der Waals surface area contributed by atoms with Crippen LogP contribution in [-0.2, 0) is 0 Å². The summed E-state index contributed by atoms with van der Waals surface area (Å²) in [7, 11) is 0. The third-order valence-corrected chi connectivity index (χ3v) is 5.09. The van der Waals surface area contributed by atoms with Gasteiger partial charge in [0, 0.05) is 5.25 Å². The Morgan fingerprint density at radius 2 is 1.79 bits per heavy atom. The summed E-state index contributed by atoms with van der Waals surface area (Å²) in [5.41, 5.74) is -1.50. The lowest BCUT2D eigenvalue weighted by Crippen LogP contribution is -2.48. The molecule has 2 fully saturated rings. The first-order valence-corrected chi connectivity index (χ1v) is 5.63. The van der Waals surface area contributed by atoms with E-state index in [0.717, 1.165) is 6.42 Å². The van der Waals surface area contributed by atoms with Crippen LogP contribution in [0.2, 0.25) is 0 Å². The molecule has 1 aliphatic heterocycles. The number of rotatable bonds is 0. The number of hydrogen-bond acceptors (Lipinski definition) is 1. The maximum atomic E-state index is 13.5. The van der Waals surface area contributed by atoms with Gasteiger partial charge in [-0.2, -0.15) is 17.6 Å². The van der Waals surface area contributed by atoms with E-state index in [2.05, 4.69) is 0 Å². The Balaban J connectivity index is 2.39. The van der Waals surface area contributed by atoms with Crippen molar-refractivity contribution in [1.82, 2.24) is 0 Å². The zero-order chi connectivity index (χ0) is 10.6. The van der Waals surface area contributed by atoms with Crippen LogP contribution in [0.4, 0.5) is 17.6 Å². The minimum atomic E-state index is -3.88. The molecule has 82 valence electrons. The summed E-state index contributed by atoms with van der Waals surface area (Å²) in [4.78, 5) is 0. The molecular formula is C9H12F4S. The van der Waals surface area contributed by atoms with Gasteiger partial charge in [0.1, 0.15) is 0 Å². The van der Waals surface area contributed by atoms with Gasteiger partial charge in [0.2, 0.25) is 0 Å². The molecule has 5 heteroatoms. The summed E-state index contributed by atoms with van der Waals surface area (Å²) < 4.78 is 53.1. The summed E-state index contributed by atoms with van der Waals surface area (Å²) in [6.45, 7) is 1.31. The molecule has 0 nitrogen and oxygen atoms in total. The largest absolute Gasteiger partial charge is 0.356 e. The second-order valence-electron chi connectivity index (χ2n) is 4.36. The third kappa shape index (κ3) is 1.08. The molecule has 0 aromatic carbocycles. The highest BCUT2D eigenvalue weighted by Gasteiger charge is 2.75. The maximum Gasteiger partial charge on any atom is 0.356 e. The summed E-state index contributed by atoms with van der Waals surface area (Å²) in [5.74, 6) is -3.85. The van der Waals surface area contributed by atoms with Crippen molar-refractivity contribution in [3.05, 3.63) is 0 Å². The maximum absolute atomic E-state index is 13.5. The standard InChI is InChI=1S/C9H12F4S/c1-7-5-3-2-4-6(7)14-9(12,13)8(7,10)11/h6H,2-5H2,1H3/t6-,7+/m0/s1. The van der Waals surface area contributed by atoms with Gasteiger partial charge in [-0.25, -0.2) is 0 Å². The fourth-order valence-corrected chi connectivity index (χ4v) is 3.98. The molecule has 2 atom stereocenters. The Hall–Kier alpha value is 0.0700. The van der Waals surface area contributed by atoms with E-state index < -0.39 is 21.8 Å². The molecule has 1 heterocycles. The number of halogens is 4. The van der Waals surface area contributed by atoms with Crippen LogP contribution in [0.15, 0.2) is 0 Å². The molecule has 14 heavy (non-hydrogen) atoms. The highest BCUT2D eigenvalue weighted by molar-refractivity contribution is 8.01. The minimum Gasteiger partial charge on any atom is -0.198 e. The molecule has 1 aliphatic carbocycles. The first-order valence-electron chi connectivity index (χ1n) is 4.75. The van der Waals surface area contributed by atoms with E-state index in [-0.39, 0.29) is 18.2 Å². The van der Waals surface area contributed by atoms with Gasteiger partial charge in [-0.3, -0.25) is 0 Å². The lowest BCUT2D eigenvalue weighted by molar-refractivity contribution is -0.212. The van der Waals surface area contributed by atoms with E-state index in [9.17, 15) is 17.6 Å². The van der Waals surface area contributed by atoms with Crippen LogP contribution in [0.25, 0.3) is 0 Å². The number of hydrogen-bond donors (Lipinski definition) is 0. The van der Waals surface area contributed by atoms with Gasteiger partial charge < -0.3 is 0 Å². The SMILES string of the molecule is C[C@@]12CCCC[C@@H]1SC(F)(F)C2(F)F. The van der Waals surface area contributed by atoms with Crippen molar-refractivity contribution in [3.8, 4) is 0 Å². The van der Waals surface area contributed by atoms with Gasteiger partial charge in [0.05, 0.1) is 5.41 Å². The lowest BCUT2D eigenvalue weighted by Gasteiger charge is -2.38. The summed E-state index contributed by atoms with van der Waals surface area (Å²) in [5, 5.41) is -4.46. The van der Waals surface area contributed by atoms with Crippen molar-refractivity contribution in [2.45, 2.75) is 49.0 Å². The molecule has 1 saturated carbocycles. The van der Waals surface area contributed by atoms with E-state index in [1.165, 1.54) is 6.92 Å². The summed E-state index contributed by atoms with van der Waals surface area (Å²) in [6, 6.07) is 0. The molecule has 0 N–H and O–H groups in total. The molecule has 0 aromatic heterocycles. The monoisotopic (exact) mass is 228 g/mol. The lowest BCUT2D eigenvalue weighted by atomic mass is 9.71. The molecule has 2 aliphatic rings. The van der Waals surface area contributed by atoms with E-state index in [0.29, 0.717) is 12.8 Å². The normalized spacial score (nSPS) is 44.8. The molecule has 0 aromatic rings. The van der Waals surface area contributed by atoms with Crippen LogP contribution in [0.1, 0.15) is 32.6 Å². The van der Waals surface area contributed by atoms with Crippen LogP contribution < -0.4 is 0 Å². The van der Waals surface area contributed by atoms with Gasteiger partial charge in [0.25, 0.3) is 0 Å². The van der Waals surface area contributed by atoms with Gasteiger partial charge >= 0.3 is 11.2 Å². The topological polar surface area (TPSA) is 0 Å². The first kappa shape index (κ1) is 10.6. The van der Waals surface area contributed by atoms with E-state index in [4.69, 9.17) is 0 Å². The van der Waals surface area contributed by atoms with Crippen LogP contribution in [0.3, 0.4) is 0 Å². The molecule has 0 radical (unpaired) electrons. The highest BCUT2D eigenvalue weighted by atomic mass is 32.2. The Morgan fingerprint density at radius 1 is 1.14 bits per heavy atom. The number of alkyl halides is 4.